The Morgan fingerprint density at radius 1 is 1.25 bits per heavy atom. The number of carbonyl (C=O) groups is 3. The molecule has 1 saturated heterocycles. The highest BCUT2D eigenvalue weighted by molar-refractivity contribution is 6.00. The molecule has 6 heteroatoms. The number of esters is 2. The van der Waals surface area contributed by atoms with Crippen molar-refractivity contribution in [3.05, 3.63) is 65.3 Å². The number of allylic oxidation sites excluding steroid dienone is 4. The summed E-state index contributed by atoms with van der Waals surface area (Å²) in [5.41, 5.74) is 1.60. The van der Waals surface area contributed by atoms with Crippen molar-refractivity contribution in [1.82, 2.24) is 0 Å². The van der Waals surface area contributed by atoms with E-state index in [1.807, 2.05) is 26.8 Å². The smallest absolute Gasteiger partial charge is 0.338 e. The third-order valence-electron chi connectivity index (χ3n) is 5.87. The maximum absolute atomic E-state index is 12.9. The van der Waals surface area contributed by atoms with Crippen molar-refractivity contribution in [1.29, 1.82) is 0 Å². The molecule has 1 spiro atoms. The van der Waals surface area contributed by atoms with E-state index in [4.69, 9.17) is 14.2 Å². The van der Waals surface area contributed by atoms with Gasteiger partial charge in [-0.15, -0.1) is 0 Å². The van der Waals surface area contributed by atoms with Crippen molar-refractivity contribution < 1.29 is 28.6 Å². The quantitative estimate of drug-likeness (QED) is 0.452. The summed E-state index contributed by atoms with van der Waals surface area (Å²) >= 11 is 0. The Morgan fingerprint density at radius 2 is 2.03 bits per heavy atom. The van der Waals surface area contributed by atoms with Gasteiger partial charge in [0.15, 0.2) is 5.78 Å². The van der Waals surface area contributed by atoms with Gasteiger partial charge in [0.1, 0.15) is 18.0 Å². The van der Waals surface area contributed by atoms with Crippen molar-refractivity contribution in [2.75, 3.05) is 7.11 Å². The van der Waals surface area contributed by atoms with Crippen molar-refractivity contribution in [3.8, 4) is 5.75 Å². The minimum Gasteiger partial charge on any atom is -0.497 e. The molecule has 0 bridgehead atoms. The van der Waals surface area contributed by atoms with Crippen LogP contribution in [0.25, 0.3) is 0 Å². The summed E-state index contributed by atoms with van der Waals surface area (Å²) in [5, 5.41) is 0. The number of rotatable bonds is 7. The first kappa shape index (κ1) is 23.5. The third-order valence-corrected chi connectivity index (χ3v) is 5.87. The van der Waals surface area contributed by atoms with E-state index in [0.717, 1.165) is 18.4 Å². The van der Waals surface area contributed by atoms with Gasteiger partial charge in [-0.1, -0.05) is 23.3 Å². The highest BCUT2D eigenvalue weighted by atomic mass is 16.6. The monoisotopic (exact) mass is 438 g/mol. The van der Waals surface area contributed by atoms with Crippen molar-refractivity contribution in [3.63, 3.8) is 0 Å². The molecule has 0 aromatic heterocycles. The lowest BCUT2D eigenvalue weighted by atomic mass is 9.69. The zero-order valence-corrected chi connectivity index (χ0v) is 19.1. The van der Waals surface area contributed by atoms with E-state index in [0.29, 0.717) is 11.3 Å². The molecule has 0 saturated carbocycles. The minimum atomic E-state index is -1.05. The molecule has 0 N–H and O–H groups in total. The van der Waals surface area contributed by atoms with Gasteiger partial charge in [0.25, 0.3) is 0 Å². The molecule has 1 aromatic carbocycles. The molecule has 32 heavy (non-hydrogen) atoms. The molecule has 1 heterocycles. The van der Waals surface area contributed by atoms with Gasteiger partial charge in [0.05, 0.1) is 24.5 Å². The average molecular weight is 439 g/mol. The first-order valence-corrected chi connectivity index (χ1v) is 10.8. The van der Waals surface area contributed by atoms with E-state index in [1.54, 1.807) is 30.3 Å². The average Bonchev–Trinajstić information content (AvgIpc) is 3.05. The summed E-state index contributed by atoms with van der Waals surface area (Å²) in [4.78, 5) is 37.8. The van der Waals surface area contributed by atoms with Crippen LogP contribution in [0.3, 0.4) is 0 Å². The first-order chi connectivity index (χ1) is 15.2. The SMILES string of the molecule is COc1cccc(C(=O)O[C@@H]2C=CC(=O)[C@@]3(CC(=O)O[C@@H]3/C=C(\C)CCC=C(C)C)C2)c1. The van der Waals surface area contributed by atoms with Crippen LogP contribution in [-0.4, -0.2) is 37.0 Å². The molecular formula is C26H30O6. The largest absolute Gasteiger partial charge is 0.497 e. The molecule has 1 fully saturated rings. The third kappa shape index (κ3) is 5.36. The van der Waals surface area contributed by atoms with Gasteiger partial charge in [0.2, 0.25) is 0 Å². The number of cyclic esters (lactones) is 1. The molecule has 2 aliphatic rings. The molecule has 0 radical (unpaired) electrons. The van der Waals surface area contributed by atoms with Gasteiger partial charge in [-0.2, -0.15) is 0 Å². The van der Waals surface area contributed by atoms with Crippen LogP contribution in [-0.2, 0) is 19.1 Å². The molecule has 3 rings (SSSR count). The van der Waals surface area contributed by atoms with Crippen LogP contribution in [0.1, 0.15) is 56.8 Å². The summed E-state index contributed by atoms with van der Waals surface area (Å²) in [6.07, 6.45) is 7.59. The second-order valence-corrected chi connectivity index (χ2v) is 8.68. The maximum Gasteiger partial charge on any atom is 0.338 e. The lowest BCUT2D eigenvalue weighted by Gasteiger charge is -2.34. The van der Waals surface area contributed by atoms with E-state index in [2.05, 4.69) is 6.08 Å². The van der Waals surface area contributed by atoms with E-state index in [-0.39, 0.29) is 18.6 Å². The Hall–Kier alpha value is -3.15. The van der Waals surface area contributed by atoms with Crippen LogP contribution in [0.15, 0.2) is 59.7 Å². The van der Waals surface area contributed by atoms with Crippen LogP contribution in [0, 0.1) is 5.41 Å². The van der Waals surface area contributed by atoms with Gasteiger partial charge in [-0.05, 0) is 70.0 Å². The van der Waals surface area contributed by atoms with E-state index >= 15 is 0 Å². The van der Waals surface area contributed by atoms with E-state index in [9.17, 15) is 14.4 Å². The Labute approximate surface area is 188 Å². The molecule has 1 aliphatic carbocycles. The second-order valence-electron chi connectivity index (χ2n) is 8.68. The molecule has 6 nitrogen and oxygen atoms in total. The Bertz CT molecular complexity index is 982. The zero-order valence-electron chi connectivity index (χ0n) is 19.1. The molecule has 0 unspecified atom stereocenters. The topological polar surface area (TPSA) is 78.9 Å². The minimum absolute atomic E-state index is 0.0220. The molecule has 1 aliphatic heterocycles. The van der Waals surface area contributed by atoms with Gasteiger partial charge in [0, 0.05) is 6.42 Å². The molecule has 170 valence electrons. The number of ketones is 1. The number of methoxy groups -OCH3 is 1. The Morgan fingerprint density at radius 3 is 2.75 bits per heavy atom. The second kappa shape index (κ2) is 9.98. The standard InChI is InChI=1S/C26H30O6/c1-17(2)7-5-8-18(3)13-23-26(16-24(28)32-23)15-21(11-12-22(26)27)31-25(29)19-9-6-10-20(14-19)30-4/h6-7,9-14,21,23H,5,8,15-16H2,1-4H3/b18-13+/t21-,23-,26+/m1/s1. The summed E-state index contributed by atoms with van der Waals surface area (Å²) in [5.74, 6) is -0.549. The fourth-order valence-corrected chi connectivity index (χ4v) is 4.12. The number of ether oxygens (including phenoxy) is 3. The van der Waals surface area contributed by atoms with Crippen molar-refractivity contribution in [2.24, 2.45) is 5.41 Å². The summed E-state index contributed by atoms with van der Waals surface area (Å²) < 4.78 is 16.4. The summed E-state index contributed by atoms with van der Waals surface area (Å²) in [6.45, 7) is 6.07. The first-order valence-electron chi connectivity index (χ1n) is 10.8. The highest BCUT2D eigenvalue weighted by Gasteiger charge is 2.55. The molecular weight excluding hydrogens is 408 g/mol. The Kier molecular flexibility index (Phi) is 7.33. The summed E-state index contributed by atoms with van der Waals surface area (Å²) in [7, 11) is 1.52. The van der Waals surface area contributed by atoms with Gasteiger partial charge in [-0.25, -0.2) is 4.79 Å². The predicted molar refractivity (Wildman–Crippen MR) is 120 cm³/mol. The van der Waals surface area contributed by atoms with E-state index in [1.165, 1.54) is 18.8 Å². The Balaban J connectivity index is 1.77. The van der Waals surface area contributed by atoms with E-state index < -0.39 is 29.6 Å². The summed E-state index contributed by atoms with van der Waals surface area (Å²) in [6, 6.07) is 6.68. The van der Waals surface area contributed by atoms with Crippen molar-refractivity contribution in [2.45, 2.75) is 58.7 Å². The fourth-order valence-electron chi connectivity index (χ4n) is 4.12. The lowest BCUT2D eigenvalue weighted by molar-refractivity contribution is -0.140. The highest BCUT2D eigenvalue weighted by Crippen LogP contribution is 2.45. The van der Waals surface area contributed by atoms with Crippen LogP contribution >= 0.6 is 0 Å². The maximum atomic E-state index is 12.9. The lowest BCUT2D eigenvalue weighted by Crippen LogP contribution is -2.43. The molecule has 1 aromatic rings. The number of hydrogen-bond donors (Lipinski definition) is 0. The number of carbonyl (C=O) groups excluding carboxylic acids is 3. The zero-order chi connectivity index (χ0) is 23.3. The normalized spacial score (nSPS) is 24.9. The van der Waals surface area contributed by atoms with Crippen LogP contribution < -0.4 is 4.74 Å². The molecule has 0 amide bonds. The number of benzene rings is 1. The van der Waals surface area contributed by atoms with Crippen LogP contribution in [0.5, 0.6) is 5.75 Å². The fraction of sp³-hybridized carbons (Fsp3) is 0.423. The number of hydrogen-bond acceptors (Lipinski definition) is 6. The van der Waals surface area contributed by atoms with Crippen LogP contribution in [0.2, 0.25) is 0 Å². The predicted octanol–water partition coefficient (Wildman–Crippen LogP) is 4.74. The van der Waals surface area contributed by atoms with Gasteiger partial charge in [-0.3, -0.25) is 9.59 Å². The van der Waals surface area contributed by atoms with Gasteiger partial charge >= 0.3 is 11.9 Å². The molecule has 3 atom stereocenters. The van der Waals surface area contributed by atoms with Crippen LogP contribution in [0.4, 0.5) is 0 Å². The van der Waals surface area contributed by atoms with Crippen molar-refractivity contribution >= 4 is 17.7 Å². The van der Waals surface area contributed by atoms with Gasteiger partial charge < -0.3 is 14.2 Å².